The molecule has 1 nitrogen and oxygen atoms in total. The molecule has 0 bridgehead atoms. The lowest BCUT2D eigenvalue weighted by Crippen LogP contribution is -2.19. The molecular weight excluding hydrogens is 1130 g/mol. The van der Waals surface area contributed by atoms with E-state index < -0.39 is 54.1 Å². The highest BCUT2D eigenvalue weighted by atomic mass is 32.1. The van der Waals surface area contributed by atoms with E-state index in [2.05, 4.69) is 0 Å². The molecule has 2 aromatic heterocycles. The fourth-order valence-electron chi connectivity index (χ4n) is 9.04. The third-order valence-electron chi connectivity index (χ3n) is 13.2. The summed E-state index contributed by atoms with van der Waals surface area (Å²) in [5.74, 6) is 0. The van der Waals surface area contributed by atoms with Gasteiger partial charge < -0.3 is 4.57 Å². The van der Waals surface area contributed by atoms with Crippen molar-refractivity contribution in [2.24, 2.45) is 0 Å². The average molecular weight is 1170 g/mol. The predicted molar refractivity (Wildman–Crippen MR) is 313 cm³/mol. The molecule has 0 amide bonds. The van der Waals surface area contributed by atoms with Crippen molar-refractivity contribution in [3.05, 3.63) is 264 Å². The Morgan fingerprint density at radius 1 is 0.280 bits per heavy atom. The molecule has 0 atom stereocenters. The van der Waals surface area contributed by atoms with Gasteiger partial charge >= 0.3 is 24.7 Å². The van der Waals surface area contributed by atoms with E-state index in [4.69, 9.17) is 0 Å². The molecule has 0 aliphatic carbocycles. The van der Waals surface area contributed by atoms with E-state index in [-0.39, 0.29) is 0 Å². The molecule has 9 aromatic rings. The van der Waals surface area contributed by atoms with Crippen LogP contribution in [0.5, 0.6) is 0 Å². The molecule has 16 heteroatoms. The van der Waals surface area contributed by atoms with Gasteiger partial charge in [0.2, 0.25) is 0 Å². The number of thiophene rings is 2. The van der Waals surface area contributed by atoms with Crippen LogP contribution >= 0.6 is 29.8 Å². The van der Waals surface area contributed by atoms with Crippen LogP contribution in [0.3, 0.4) is 0 Å². The molecule has 0 spiro atoms. The minimum Gasteiger partial charge on any atom is -0.309 e. The van der Waals surface area contributed by atoms with E-state index in [1.165, 1.54) is 71.2 Å². The summed E-state index contributed by atoms with van der Waals surface area (Å²) in [6.45, 7) is 0. The van der Waals surface area contributed by atoms with Crippen LogP contribution in [0.4, 0.5) is 52.7 Å². The van der Waals surface area contributed by atoms with Gasteiger partial charge in [-0.25, -0.2) is 0 Å². The maximum Gasteiger partial charge on any atom is 0.416 e. The third kappa shape index (κ3) is 13.4. The van der Waals surface area contributed by atoms with Gasteiger partial charge in [-0.2, -0.15) is 52.7 Å². The molecule has 0 unspecified atom stereocenters. The van der Waals surface area contributed by atoms with Crippen molar-refractivity contribution in [3.63, 3.8) is 0 Å². The fraction of sp³-hybridized carbons (Fsp3) is 0.0606. The van der Waals surface area contributed by atoms with Gasteiger partial charge in [-0.05, 0) is 165 Å². The van der Waals surface area contributed by atoms with Crippen molar-refractivity contribution in [3.8, 4) is 9.75 Å². The topological polar surface area (TPSA) is 17.1 Å². The highest BCUT2D eigenvalue weighted by molar-refractivity contribution is 7.87. The molecule has 0 saturated heterocycles. The van der Waals surface area contributed by atoms with Crippen LogP contribution < -0.4 is 15.9 Å². The Hall–Kier alpha value is -8.23. The molecule has 82 heavy (non-hydrogen) atoms. The minimum atomic E-state index is -4.49. The highest BCUT2D eigenvalue weighted by Crippen LogP contribution is 2.57. The van der Waals surface area contributed by atoms with Crippen molar-refractivity contribution in [2.45, 2.75) is 24.7 Å². The van der Waals surface area contributed by atoms with Gasteiger partial charge in [-0.3, -0.25) is 0 Å². The first-order valence-electron chi connectivity index (χ1n) is 25.0. The van der Waals surface area contributed by atoms with Crippen molar-refractivity contribution in [2.75, 3.05) is 0 Å². The van der Waals surface area contributed by atoms with Crippen LogP contribution in [-0.4, -0.2) is 0 Å². The van der Waals surface area contributed by atoms with E-state index in [0.29, 0.717) is 60.4 Å². The Bertz CT molecular complexity index is 3610. The van der Waals surface area contributed by atoms with Gasteiger partial charge in [-0.15, -0.1) is 22.7 Å². The standard InChI is InChI=1S/C66H41F12OPS2/c67-63(68,69)52-24-14-42(15-25-52)6-10-46-34-47(11-7-43-16-26-53(27-17-43)64(70,71)72)37-50(36-46)22-32-57-40-59-61(81-57)62-60(80(59,79)56-4-2-1-3-5-56)41-58(82-62)33-23-51-38-48(12-8-44-18-28-54(29-19-44)65(73,74)75)35-49(39-51)13-9-45-20-30-55(31-21-45)66(76,77)78/h1-41H/b10-6+,11-7+,12-8+,13-9+,32-22+,33-23+. The van der Waals surface area contributed by atoms with Gasteiger partial charge in [0.05, 0.1) is 32.0 Å². The number of alkyl halides is 12. The molecule has 3 heterocycles. The minimum absolute atomic E-state index is 0.525. The summed E-state index contributed by atoms with van der Waals surface area (Å²) in [6.07, 6.45) is 3.28. The zero-order valence-corrected chi connectivity index (χ0v) is 44.9. The van der Waals surface area contributed by atoms with Gasteiger partial charge in [0.25, 0.3) is 0 Å². The lowest BCUT2D eigenvalue weighted by Gasteiger charge is -2.13. The van der Waals surface area contributed by atoms with Gasteiger partial charge in [-0.1, -0.05) is 140 Å². The lowest BCUT2D eigenvalue weighted by atomic mass is 10.0. The largest absolute Gasteiger partial charge is 0.416 e. The molecule has 1 aliphatic heterocycles. The van der Waals surface area contributed by atoms with Crippen LogP contribution in [0.2, 0.25) is 0 Å². The molecule has 7 aromatic carbocycles. The normalized spacial score (nSPS) is 14.0. The van der Waals surface area contributed by atoms with E-state index in [0.717, 1.165) is 79.2 Å². The Balaban J connectivity index is 0.968. The number of fused-ring (bicyclic) bond motifs is 3. The number of halogens is 12. The molecule has 0 N–H and O–H groups in total. The third-order valence-corrected chi connectivity index (χ3v) is 18.9. The Morgan fingerprint density at radius 3 is 0.756 bits per heavy atom. The summed E-state index contributed by atoms with van der Waals surface area (Å²) in [7, 11) is -3.42. The van der Waals surface area contributed by atoms with E-state index in [1.807, 2.05) is 103 Å². The van der Waals surface area contributed by atoms with Crippen LogP contribution in [0, 0.1) is 0 Å². The summed E-state index contributed by atoms with van der Waals surface area (Å²) in [6, 6.07) is 43.1. The first kappa shape index (κ1) is 57.0. The predicted octanol–water partition coefficient (Wildman–Crippen LogP) is 20.5. The van der Waals surface area contributed by atoms with Crippen molar-refractivity contribution < 1.29 is 57.3 Å². The van der Waals surface area contributed by atoms with Gasteiger partial charge in [0.1, 0.15) is 0 Å². The number of hydrogen-bond acceptors (Lipinski definition) is 3. The van der Waals surface area contributed by atoms with Gasteiger partial charge in [0, 0.05) is 25.7 Å². The second-order valence-corrected chi connectivity index (χ2v) is 23.9. The lowest BCUT2D eigenvalue weighted by molar-refractivity contribution is -0.138. The smallest absolute Gasteiger partial charge is 0.309 e. The van der Waals surface area contributed by atoms with Crippen LogP contribution in [0.15, 0.2) is 176 Å². The average Bonchev–Trinajstić information content (AvgIpc) is 3.97. The number of hydrogen-bond donors (Lipinski definition) is 0. The molecule has 0 fully saturated rings. The summed E-state index contributed by atoms with van der Waals surface area (Å²) in [4.78, 5) is 3.27. The quantitative estimate of drug-likeness (QED) is 0.0639. The summed E-state index contributed by atoms with van der Waals surface area (Å²) in [5.41, 5.74) is 3.18. The molecule has 412 valence electrons. The van der Waals surface area contributed by atoms with E-state index >= 15 is 4.57 Å². The van der Waals surface area contributed by atoms with E-state index in [1.54, 1.807) is 48.6 Å². The van der Waals surface area contributed by atoms with Crippen LogP contribution in [0.1, 0.15) is 87.6 Å². The first-order valence-corrected chi connectivity index (χ1v) is 28.3. The second-order valence-electron chi connectivity index (χ2n) is 19.0. The summed E-state index contributed by atoms with van der Waals surface area (Å²) in [5, 5.41) is 2.02. The molecular formula is C66H41F12OPS2. The molecule has 0 radical (unpaired) electrons. The zero-order chi connectivity index (χ0) is 58.0. The van der Waals surface area contributed by atoms with E-state index in [9.17, 15) is 52.7 Å². The number of rotatable bonds is 13. The Kier molecular flexibility index (Phi) is 16.0. The maximum atomic E-state index is 15.8. The fourth-order valence-corrected chi connectivity index (χ4v) is 15.3. The van der Waals surface area contributed by atoms with Crippen LogP contribution in [-0.2, 0) is 29.3 Å². The Labute approximate surface area is 471 Å². The monoisotopic (exact) mass is 1170 g/mol. The maximum absolute atomic E-state index is 15.8. The summed E-state index contributed by atoms with van der Waals surface area (Å²) >= 11 is 2.93. The Morgan fingerprint density at radius 2 is 0.512 bits per heavy atom. The van der Waals surface area contributed by atoms with Crippen molar-refractivity contribution in [1.29, 1.82) is 0 Å². The van der Waals surface area contributed by atoms with Crippen molar-refractivity contribution >= 4 is 119 Å². The summed E-state index contributed by atoms with van der Waals surface area (Å²) < 4.78 is 175. The SMILES string of the molecule is O=P1(c2ccccc2)c2cc(/C=C/c3cc(/C=C/c4ccc(C(F)(F)F)cc4)cc(/C=C/c4ccc(C(F)(F)F)cc4)c3)sc2-c2sc(/C=C/c3cc(/C=C/c4ccc(C(F)(F)F)cc4)cc(/C=C/c4ccc(C(F)(F)F)cc4)c3)cc21. The molecule has 0 saturated carbocycles. The van der Waals surface area contributed by atoms with Gasteiger partial charge in [0.15, 0.2) is 7.14 Å². The molecule has 10 rings (SSSR count). The number of benzene rings is 7. The first-order chi connectivity index (χ1) is 38.9. The molecule has 1 aliphatic rings. The van der Waals surface area contributed by atoms with Crippen molar-refractivity contribution in [1.82, 2.24) is 0 Å². The van der Waals surface area contributed by atoms with Crippen LogP contribution in [0.25, 0.3) is 82.7 Å². The zero-order valence-electron chi connectivity index (χ0n) is 42.4. The highest BCUT2D eigenvalue weighted by Gasteiger charge is 2.43. The second kappa shape index (κ2) is 23.0.